The smallest absolute Gasteiger partial charge is 0.264 e. The molecule has 3 aliphatic rings. The molecule has 0 saturated heterocycles. The van der Waals surface area contributed by atoms with Crippen LogP contribution in [0.5, 0.6) is 5.88 Å². The zero-order valence-corrected chi connectivity index (χ0v) is 30.0. The van der Waals surface area contributed by atoms with Gasteiger partial charge in [0.2, 0.25) is 11.8 Å². The lowest BCUT2D eigenvalue weighted by molar-refractivity contribution is 0.0563. The van der Waals surface area contributed by atoms with Crippen LogP contribution in [0.2, 0.25) is 0 Å². The van der Waals surface area contributed by atoms with Crippen LogP contribution in [0.3, 0.4) is 0 Å². The van der Waals surface area contributed by atoms with E-state index in [0.29, 0.717) is 29.3 Å². The minimum absolute atomic E-state index is 0. The van der Waals surface area contributed by atoms with Crippen molar-refractivity contribution in [1.82, 2.24) is 24.8 Å². The van der Waals surface area contributed by atoms with Gasteiger partial charge in [0.05, 0.1) is 41.3 Å². The Hall–Kier alpha value is -4.58. The van der Waals surface area contributed by atoms with Gasteiger partial charge in [-0.15, -0.1) is 0 Å². The quantitative estimate of drug-likeness (QED) is 0.197. The first-order valence-electron chi connectivity index (χ1n) is 17.5. The van der Waals surface area contributed by atoms with Crippen LogP contribution in [0, 0.1) is 19.3 Å². The Kier molecular flexibility index (Phi) is 9.23. The molecular formula is C38H47N7O4S. The van der Waals surface area contributed by atoms with Crippen LogP contribution in [0.4, 0.5) is 11.8 Å². The average molecular weight is 698 g/mol. The number of benzene rings is 2. The van der Waals surface area contributed by atoms with E-state index >= 15 is 0 Å². The van der Waals surface area contributed by atoms with Gasteiger partial charge in [0, 0.05) is 31.7 Å². The van der Waals surface area contributed by atoms with E-state index in [1.165, 1.54) is 31.4 Å². The Morgan fingerprint density at radius 2 is 1.80 bits per heavy atom. The van der Waals surface area contributed by atoms with Crippen molar-refractivity contribution in [2.24, 2.45) is 5.41 Å². The summed E-state index contributed by atoms with van der Waals surface area (Å²) in [5.41, 5.74) is 4.65. The predicted molar refractivity (Wildman–Crippen MR) is 195 cm³/mol. The summed E-state index contributed by atoms with van der Waals surface area (Å²) in [6.45, 7) is 6.62. The van der Waals surface area contributed by atoms with Gasteiger partial charge in [-0.05, 0) is 93.5 Å². The Morgan fingerprint density at radius 3 is 2.52 bits per heavy atom. The molecule has 1 amide bonds. The molecule has 2 aliphatic carbocycles. The highest BCUT2D eigenvalue weighted by Crippen LogP contribution is 2.49. The number of hydrogen-bond donors (Lipinski definition) is 1. The van der Waals surface area contributed by atoms with Crippen LogP contribution < -0.4 is 14.4 Å². The number of sulfonamides is 1. The number of carbonyl (C=O) groups is 1. The molecular weight excluding hydrogens is 651 g/mol. The number of carbonyl (C=O) groups excluding carboxylic acids is 1. The van der Waals surface area contributed by atoms with E-state index in [-0.39, 0.29) is 48.8 Å². The molecule has 7 rings (SSSR count). The van der Waals surface area contributed by atoms with Crippen molar-refractivity contribution in [3.8, 4) is 17.1 Å². The maximum atomic E-state index is 14.6. The van der Waals surface area contributed by atoms with Crippen molar-refractivity contribution in [3.05, 3.63) is 83.3 Å². The molecule has 2 fully saturated rings. The second kappa shape index (κ2) is 13.6. The average Bonchev–Trinajstić information content (AvgIpc) is 3.80. The van der Waals surface area contributed by atoms with E-state index in [1.54, 1.807) is 35.5 Å². The fourth-order valence-corrected chi connectivity index (χ4v) is 7.90. The van der Waals surface area contributed by atoms with E-state index in [0.717, 1.165) is 48.2 Å². The maximum Gasteiger partial charge on any atom is 0.264 e. The fourth-order valence-electron chi connectivity index (χ4n) is 6.91. The summed E-state index contributed by atoms with van der Waals surface area (Å²) in [6, 6.07) is 13.9. The van der Waals surface area contributed by atoms with Crippen LogP contribution in [0.1, 0.15) is 86.9 Å². The number of nitrogens with zero attached hydrogens (tertiary/aromatic N) is 6. The van der Waals surface area contributed by atoms with Crippen molar-refractivity contribution in [1.29, 1.82) is 0 Å². The highest BCUT2D eigenvalue weighted by molar-refractivity contribution is 7.92. The second-order valence-corrected chi connectivity index (χ2v) is 16.2. The van der Waals surface area contributed by atoms with Crippen LogP contribution in [-0.2, 0) is 16.6 Å². The van der Waals surface area contributed by atoms with E-state index in [1.807, 2.05) is 39.1 Å². The third-order valence-corrected chi connectivity index (χ3v) is 11.9. The minimum Gasteiger partial charge on any atom is -0.475 e. The van der Waals surface area contributed by atoms with Gasteiger partial charge in [0.15, 0.2) is 0 Å². The first kappa shape index (κ1) is 33.9. The summed E-state index contributed by atoms with van der Waals surface area (Å²) in [5, 5.41) is 0. The summed E-state index contributed by atoms with van der Waals surface area (Å²) in [6.07, 6.45) is 12.0. The van der Waals surface area contributed by atoms with E-state index in [9.17, 15) is 13.2 Å². The largest absolute Gasteiger partial charge is 0.475 e. The van der Waals surface area contributed by atoms with Crippen molar-refractivity contribution >= 4 is 27.7 Å². The highest BCUT2D eigenvalue weighted by Gasteiger charge is 2.37. The molecule has 2 aromatic carbocycles. The molecule has 0 radical (unpaired) electrons. The van der Waals surface area contributed by atoms with Gasteiger partial charge in [-0.3, -0.25) is 9.78 Å². The van der Waals surface area contributed by atoms with Crippen LogP contribution in [0.25, 0.3) is 11.3 Å². The zero-order chi connectivity index (χ0) is 35.0. The van der Waals surface area contributed by atoms with E-state index in [2.05, 4.69) is 31.5 Å². The molecule has 4 aromatic rings. The Labute approximate surface area is 296 Å². The predicted octanol–water partition coefficient (Wildman–Crippen LogP) is 6.96. The van der Waals surface area contributed by atoms with Gasteiger partial charge in [0.1, 0.15) is 12.4 Å². The lowest BCUT2D eigenvalue weighted by Crippen LogP contribution is -2.44. The summed E-state index contributed by atoms with van der Waals surface area (Å²) >= 11 is 0. The summed E-state index contributed by atoms with van der Waals surface area (Å²) in [5.74, 6) is 0.582. The number of amides is 1. The molecule has 3 heterocycles. The molecule has 4 bridgehead atoms. The number of nitrogens with one attached hydrogen (secondary N) is 1. The first-order chi connectivity index (χ1) is 24.0. The molecule has 1 unspecified atom stereocenters. The zero-order valence-electron chi connectivity index (χ0n) is 29.2. The lowest BCUT2D eigenvalue weighted by Gasteiger charge is -2.36. The van der Waals surface area contributed by atoms with Crippen molar-refractivity contribution in [3.63, 3.8) is 0 Å². The molecule has 2 aromatic heterocycles. The lowest BCUT2D eigenvalue weighted by atomic mass is 9.92. The van der Waals surface area contributed by atoms with Crippen molar-refractivity contribution in [2.75, 3.05) is 23.3 Å². The van der Waals surface area contributed by atoms with Gasteiger partial charge in [-0.2, -0.15) is 4.98 Å². The normalized spacial score (nSPS) is 19.6. The molecule has 12 heteroatoms. The Morgan fingerprint density at radius 1 is 1.04 bits per heavy atom. The van der Waals surface area contributed by atoms with Crippen LogP contribution >= 0.6 is 0 Å². The number of hydrogen-bond acceptors (Lipinski definition) is 9. The number of rotatable bonds is 9. The molecule has 264 valence electrons. The molecule has 11 nitrogen and oxygen atoms in total. The highest BCUT2D eigenvalue weighted by atomic mass is 32.2. The van der Waals surface area contributed by atoms with Crippen LogP contribution in [-0.4, -0.2) is 64.9 Å². The fraction of sp³-hybridized carbons (Fsp3) is 0.447. The number of ether oxygens (including phenoxy) is 1. The maximum absolute atomic E-state index is 14.6. The summed E-state index contributed by atoms with van der Waals surface area (Å²) < 4.78 is 36.5. The van der Waals surface area contributed by atoms with Crippen molar-refractivity contribution in [2.45, 2.75) is 95.7 Å². The molecule has 1 aliphatic heterocycles. The Bertz CT molecular complexity index is 2000. The summed E-state index contributed by atoms with van der Waals surface area (Å²) in [4.78, 5) is 37.1. The third kappa shape index (κ3) is 7.31. The Balaban J connectivity index is 0.00000448. The van der Waals surface area contributed by atoms with Gasteiger partial charge >= 0.3 is 0 Å². The second-order valence-electron chi connectivity index (χ2n) is 14.5. The van der Waals surface area contributed by atoms with Gasteiger partial charge in [-0.25, -0.2) is 23.1 Å². The number of anilines is 2. The molecule has 0 spiro atoms. The van der Waals surface area contributed by atoms with Crippen LogP contribution in [0.15, 0.2) is 65.8 Å². The topological polar surface area (TPSA) is 131 Å². The van der Waals surface area contributed by atoms with Gasteiger partial charge in [-0.1, -0.05) is 37.6 Å². The van der Waals surface area contributed by atoms with E-state index < -0.39 is 10.0 Å². The standard InChI is InChI=1S/C38H45N7O4S.H2/c1-25-9-5-10-26(2)35(25)32-20-34-42-37(41-32)43-50(47,48)31-15-6-11-27(19-31)36(46)45(30(24-49-34)14-8-16-38(3)17-18-38)23-28-21-39-22-33(40-28)44(4)29-12-7-13-29;/h5-6,9-11,15,19-22,29-30H,7-8,12-14,16-18,23-24H2,1-4H3,(H,41,42,43);1H. The van der Waals surface area contributed by atoms with Crippen molar-refractivity contribution < 1.29 is 19.4 Å². The van der Waals surface area contributed by atoms with Gasteiger partial charge in [0.25, 0.3) is 15.9 Å². The molecule has 1 atom stereocenters. The molecule has 2 saturated carbocycles. The van der Waals surface area contributed by atoms with Gasteiger partial charge < -0.3 is 14.5 Å². The first-order valence-corrected chi connectivity index (χ1v) is 19.0. The monoisotopic (exact) mass is 697 g/mol. The number of aromatic nitrogens is 4. The van der Waals surface area contributed by atoms with E-state index in [4.69, 9.17) is 9.72 Å². The third-order valence-electron chi connectivity index (χ3n) is 10.6. The SMILES string of the molecule is Cc1cccc(C)c1-c1cc2nc(n1)NS(=O)(=O)c1cccc(c1)C(=O)N(Cc1cncc(N(C)C3CCC3)n1)C(CCCC1(C)CC1)CO2.[HH]. The molecule has 50 heavy (non-hydrogen) atoms. The number of aryl methyl sites for hydroxylation is 2. The minimum atomic E-state index is -4.16. The summed E-state index contributed by atoms with van der Waals surface area (Å²) in [7, 11) is -2.12. The molecule has 1 N–H and O–H groups in total. The number of fused-ring (bicyclic) bond motifs is 4.